The summed E-state index contributed by atoms with van der Waals surface area (Å²) in [5.74, 6) is 1.00. The number of thiazole rings is 2. The van der Waals surface area contributed by atoms with Crippen LogP contribution in [-0.4, -0.2) is 34.0 Å². The summed E-state index contributed by atoms with van der Waals surface area (Å²) in [6, 6.07) is 13.4. The van der Waals surface area contributed by atoms with E-state index in [1.807, 2.05) is 54.8 Å². The normalized spacial score (nSPS) is 11.0. The molecule has 4 aromatic rings. The summed E-state index contributed by atoms with van der Waals surface area (Å²) < 4.78 is 7.25. The number of anilines is 1. The Morgan fingerprint density at radius 2 is 1.91 bits per heavy atom. The minimum atomic E-state index is -0.173. The Morgan fingerprint density at radius 3 is 2.67 bits per heavy atom. The first-order chi connectivity index (χ1) is 16.0. The molecule has 9 heteroatoms. The number of nitrogens with one attached hydrogen (secondary N) is 1. The summed E-state index contributed by atoms with van der Waals surface area (Å²) in [7, 11) is 0. The topological polar surface area (TPSA) is 81.2 Å². The van der Waals surface area contributed by atoms with Gasteiger partial charge in [-0.1, -0.05) is 54.3 Å². The van der Waals surface area contributed by atoms with Crippen LogP contribution in [0.15, 0.2) is 52.2 Å². The number of ether oxygens (including phenoxy) is 1. The van der Waals surface area contributed by atoms with Crippen LogP contribution in [0.1, 0.15) is 35.5 Å². The molecule has 0 spiro atoms. The van der Waals surface area contributed by atoms with Crippen LogP contribution < -0.4 is 10.1 Å². The van der Waals surface area contributed by atoms with Gasteiger partial charge in [-0.25, -0.2) is 9.97 Å². The van der Waals surface area contributed by atoms with E-state index in [4.69, 9.17) is 4.74 Å². The number of hydrogen-bond acceptors (Lipinski definition) is 8. The van der Waals surface area contributed by atoms with Crippen molar-refractivity contribution in [2.24, 2.45) is 0 Å². The molecule has 0 aliphatic carbocycles. The van der Waals surface area contributed by atoms with E-state index in [1.165, 1.54) is 40.0 Å². The number of hydrogen-bond donors (Lipinski definition) is 1. The van der Waals surface area contributed by atoms with Gasteiger partial charge in [0.1, 0.15) is 5.75 Å². The molecule has 0 bridgehead atoms. The lowest BCUT2D eigenvalue weighted by Crippen LogP contribution is -2.14. The highest BCUT2D eigenvalue weighted by Gasteiger charge is 2.13. The Morgan fingerprint density at radius 1 is 1.09 bits per heavy atom. The fraction of sp³-hybridized carbons (Fsp3) is 0.250. The molecule has 0 aliphatic rings. The smallest absolute Gasteiger partial charge is 0.232 e. The number of thioether (sulfide) groups is 1. The molecule has 170 valence electrons. The summed E-state index contributed by atoms with van der Waals surface area (Å²) in [6.07, 6.45) is 1.11. The highest BCUT2D eigenvalue weighted by atomic mass is 32.2. The molecule has 0 atom stereocenters. The second kappa shape index (κ2) is 10.9. The quantitative estimate of drug-likeness (QED) is 0.218. The first kappa shape index (κ1) is 23.4. The van der Waals surface area contributed by atoms with Crippen LogP contribution in [0.3, 0.4) is 0 Å². The van der Waals surface area contributed by atoms with Gasteiger partial charge in [-0.05, 0) is 37.1 Å². The molecule has 0 unspecified atom stereocenters. The average Bonchev–Trinajstić information content (AvgIpc) is 3.43. The predicted octanol–water partition coefficient (Wildman–Crippen LogP) is 5.87. The first-order valence-corrected chi connectivity index (χ1v) is 13.2. The first-order valence-electron chi connectivity index (χ1n) is 10.6. The van der Waals surface area contributed by atoms with Crippen LogP contribution in [0.4, 0.5) is 5.13 Å². The van der Waals surface area contributed by atoms with Gasteiger partial charge >= 0.3 is 0 Å². The van der Waals surface area contributed by atoms with Crippen molar-refractivity contribution >= 4 is 61.5 Å². The van der Waals surface area contributed by atoms with E-state index in [9.17, 15) is 9.59 Å². The Bertz CT molecular complexity index is 1260. The molecule has 4 rings (SSSR count). The Kier molecular flexibility index (Phi) is 7.74. The van der Waals surface area contributed by atoms with Crippen LogP contribution in [0.2, 0.25) is 0 Å². The lowest BCUT2D eigenvalue weighted by atomic mass is 10.1. The van der Waals surface area contributed by atoms with Gasteiger partial charge in [0.2, 0.25) is 5.91 Å². The standard InChI is InChI=1S/C24H23N3O3S3/c1-3-15-5-7-16(8-6-15)20(28)14-32-24-25-17(13-31-24)11-22(29)27-23-26-19-10-9-18(30-4-2)12-21(19)33-23/h5-10,12-13H,3-4,11,14H2,1-2H3,(H,26,27,29). The molecule has 33 heavy (non-hydrogen) atoms. The highest BCUT2D eigenvalue weighted by molar-refractivity contribution is 8.01. The maximum Gasteiger partial charge on any atom is 0.232 e. The number of nitrogens with zero attached hydrogens (tertiary/aromatic N) is 2. The van der Waals surface area contributed by atoms with Gasteiger partial charge in [0.25, 0.3) is 0 Å². The second-order valence-corrected chi connectivity index (χ2v) is 10.3. The third kappa shape index (κ3) is 6.19. The molecule has 0 radical (unpaired) electrons. The van der Waals surface area contributed by atoms with Gasteiger partial charge in [-0.15, -0.1) is 11.3 Å². The van der Waals surface area contributed by atoms with E-state index >= 15 is 0 Å². The molecular weight excluding hydrogens is 474 g/mol. The number of rotatable bonds is 10. The number of aromatic nitrogens is 2. The lowest BCUT2D eigenvalue weighted by molar-refractivity contribution is -0.115. The van der Waals surface area contributed by atoms with Crippen molar-refractivity contribution in [3.05, 3.63) is 64.7 Å². The fourth-order valence-electron chi connectivity index (χ4n) is 3.12. The van der Waals surface area contributed by atoms with Gasteiger partial charge in [0.05, 0.1) is 34.7 Å². The molecule has 0 aliphatic heterocycles. The SMILES string of the molecule is CCOc1ccc2nc(NC(=O)Cc3csc(SCC(=O)c4ccc(CC)cc4)n3)sc2c1. The zero-order chi connectivity index (χ0) is 23.2. The molecule has 2 heterocycles. The summed E-state index contributed by atoms with van der Waals surface area (Å²) in [5.41, 5.74) is 3.42. The van der Waals surface area contributed by atoms with Gasteiger partial charge in [-0.2, -0.15) is 0 Å². The van der Waals surface area contributed by atoms with Crippen LogP contribution in [0.5, 0.6) is 5.75 Å². The van der Waals surface area contributed by atoms with E-state index < -0.39 is 0 Å². The molecule has 0 saturated carbocycles. The fourth-order valence-corrected chi connectivity index (χ4v) is 5.77. The number of carbonyl (C=O) groups is 2. The molecular formula is C24H23N3O3S3. The van der Waals surface area contributed by atoms with Crippen LogP contribution in [0.25, 0.3) is 10.2 Å². The highest BCUT2D eigenvalue weighted by Crippen LogP contribution is 2.29. The van der Waals surface area contributed by atoms with Crippen LogP contribution >= 0.6 is 34.4 Å². The van der Waals surface area contributed by atoms with E-state index in [0.717, 1.165) is 26.7 Å². The van der Waals surface area contributed by atoms with E-state index in [1.54, 1.807) is 0 Å². The number of fused-ring (bicyclic) bond motifs is 1. The molecule has 2 aromatic heterocycles. The minimum Gasteiger partial charge on any atom is -0.494 e. The summed E-state index contributed by atoms with van der Waals surface area (Å²) in [4.78, 5) is 33.8. The molecule has 1 amide bonds. The third-order valence-corrected chi connectivity index (χ3v) is 7.80. The van der Waals surface area contributed by atoms with E-state index in [2.05, 4.69) is 22.2 Å². The van der Waals surface area contributed by atoms with Crippen molar-refractivity contribution in [3.63, 3.8) is 0 Å². The number of amides is 1. The molecule has 1 N–H and O–H groups in total. The lowest BCUT2D eigenvalue weighted by Gasteiger charge is -2.01. The van der Waals surface area contributed by atoms with Crippen molar-refractivity contribution in [2.75, 3.05) is 17.7 Å². The van der Waals surface area contributed by atoms with E-state index in [-0.39, 0.29) is 18.1 Å². The number of aryl methyl sites for hydroxylation is 1. The monoisotopic (exact) mass is 497 g/mol. The summed E-state index contributed by atoms with van der Waals surface area (Å²) in [5, 5.41) is 5.26. The van der Waals surface area contributed by atoms with Crippen molar-refractivity contribution < 1.29 is 14.3 Å². The minimum absolute atomic E-state index is 0.0699. The molecule has 0 fully saturated rings. The van der Waals surface area contributed by atoms with Gasteiger partial charge in [-0.3, -0.25) is 9.59 Å². The average molecular weight is 498 g/mol. The zero-order valence-electron chi connectivity index (χ0n) is 18.3. The van der Waals surface area contributed by atoms with Crippen molar-refractivity contribution in [2.45, 2.75) is 31.0 Å². The van der Waals surface area contributed by atoms with Crippen LogP contribution in [-0.2, 0) is 17.6 Å². The number of benzene rings is 2. The largest absolute Gasteiger partial charge is 0.494 e. The maximum atomic E-state index is 12.5. The molecule has 6 nitrogen and oxygen atoms in total. The summed E-state index contributed by atoms with van der Waals surface area (Å²) >= 11 is 4.25. The van der Waals surface area contributed by atoms with Crippen molar-refractivity contribution in [3.8, 4) is 5.75 Å². The number of Topliss-reactive ketones (excluding diaryl/α,β-unsaturated/α-hetero) is 1. The van der Waals surface area contributed by atoms with Crippen molar-refractivity contribution in [1.29, 1.82) is 0 Å². The third-order valence-electron chi connectivity index (χ3n) is 4.80. The molecule has 0 saturated heterocycles. The maximum absolute atomic E-state index is 12.5. The Balaban J connectivity index is 1.30. The predicted molar refractivity (Wildman–Crippen MR) is 136 cm³/mol. The zero-order valence-corrected chi connectivity index (χ0v) is 20.7. The van der Waals surface area contributed by atoms with Gasteiger partial charge in [0, 0.05) is 10.9 Å². The summed E-state index contributed by atoms with van der Waals surface area (Å²) in [6.45, 7) is 4.63. The molecule has 2 aromatic carbocycles. The van der Waals surface area contributed by atoms with Gasteiger partial charge in [0.15, 0.2) is 15.3 Å². The number of ketones is 1. The van der Waals surface area contributed by atoms with Crippen LogP contribution in [0, 0.1) is 0 Å². The van der Waals surface area contributed by atoms with Gasteiger partial charge < -0.3 is 10.1 Å². The van der Waals surface area contributed by atoms with Crippen molar-refractivity contribution in [1.82, 2.24) is 9.97 Å². The Labute approximate surface area is 204 Å². The number of carbonyl (C=O) groups excluding carboxylic acids is 2. The van der Waals surface area contributed by atoms with E-state index in [0.29, 0.717) is 28.7 Å². The second-order valence-electron chi connectivity index (χ2n) is 7.17. The Hall–Kier alpha value is -2.75.